The van der Waals surface area contributed by atoms with E-state index in [0.29, 0.717) is 6.61 Å². The molecule has 0 bridgehead atoms. The zero-order valence-corrected chi connectivity index (χ0v) is 12.7. The Morgan fingerprint density at radius 1 is 1.18 bits per heavy atom. The number of ether oxygens (including phenoxy) is 2. The van der Waals surface area contributed by atoms with Crippen molar-refractivity contribution in [1.29, 1.82) is 0 Å². The van der Waals surface area contributed by atoms with Crippen LogP contribution < -0.4 is 9.47 Å². The lowest BCUT2D eigenvalue weighted by Crippen LogP contribution is -2.24. The molecule has 0 radical (unpaired) electrons. The van der Waals surface area contributed by atoms with Crippen LogP contribution in [-0.4, -0.2) is 15.6 Å². The minimum absolute atomic E-state index is 0.166. The van der Waals surface area contributed by atoms with Crippen molar-refractivity contribution < 1.29 is 9.47 Å². The van der Waals surface area contributed by atoms with Gasteiger partial charge in [-0.1, -0.05) is 24.3 Å². The number of hydrogen-bond donors (Lipinski definition) is 1. The average molecular weight is 294 g/mol. The van der Waals surface area contributed by atoms with Gasteiger partial charge in [0.1, 0.15) is 18.0 Å². The number of rotatable bonds is 3. The standard InChI is InChI=1S/C18H18N2O2/c1-18(2)10-12-6-5-9-15(17(12)22-18)21-11-16-19-13-7-3-4-8-14(13)20-16/h3-9H,10-11H2,1-2H3,(H,19,20). The fourth-order valence-corrected chi connectivity index (χ4v) is 2.92. The Morgan fingerprint density at radius 2 is 2.05 bits per heavy atom. The number of H-pyrrole nitrogens is 1. The monoisotopic (exact) mass is 294 g/mol. The number of aromatic nitrogens is 2. The smallest absolute Gasteiger partial charge is 0.165 e. The van der Waals surface area contributed by atoms with Gasteiger partial charge in [-0.3, -0.25) is 0 Å². The predicted octanol–water partition coefficient (Wildman–Crippen LogP) is 3.86. The van der Waals surface area contributed by atoms with E-state index in [0.717, 1.165) is 34.8 Å². The Hall–Kier alpha value is -2.49. The Bertz CT molecular complexity index is 803. The highest BCUT2D eigenvalue weighted by atomic mass is 16.5. The summed E-state index contributed by atoms with van der Waals surface area (Å²) >= 11 is 0. The zero-order valence-electron chi connectivity index (χ0n) is 12.7. The zero-order chi connectivity index (χ0) is 15.2. The minimum atomic E-state index is -0.166. The Kier molecular flexibility index (Phi) is 2.86. The van der Waals surface area contributed by atoms with Crippen molar-refractivity contribution in [2.24, 2.45) is 0 Å². The number of aromatic amines is 1. The third kappa shape index (κ3) is 2.30. The van der Waals surface area contributed by atoms with E-state index < -0.39 is 0 Å². The summed E-state index contributed by atoms with van der Waals surface area (Å²) in [4.78, 5) is 7.80. The van der Waals surface area contributed by atoms with Crippen LogP contribution in [-0.2, 0) is 13.0 Å². The molecule has 2 heterocycles. The molecule has 1 aromatic heterocycles. The van der Waals surface area contributed by atoms with Crippen LogP contribution in [0.2, 0.25) is 0 Å². The van der Waals surface area contributed by atoms with Crippen LogP contribution in [0.1, 0.15) is 25.2 Å². The molecule has 3 aromatic rings. The van der Waals surface area contributed by atoms with E-state index in [2.05, 4.69) is 29.9 Å². The molecule has 1 aliphatic heterocycles. The van der Waals surface area contributed by atoms with Crippen LogP contribution in [0.3, 0.4) is 0 Å². The third-order valence-electron chi connectivity index (χ3n) is 3.86. The molecule has 4 heteroatoms. The average Bonchev–Trinajstić information content (AvgIpc) is 3.03. The quantitative estimate of drug-likeness (QED) is 0.798. The van der Waals surface area contributed by atoms with E-state index in [9.17, 15) is 0 Å². The van der Waals surface area contributed by atoms with Crippen molar-refractivity contribution in [3.05, 3.63) is 53.9 Å². The second-order valence-electron chi connectivity index (χ2n) is 6.27. The number of hydrogen-bond acceptors (Lipinski definition) is 3. The molecule has 1 N–H and O–H groups in total. The lowest BCUT2D eigenvalue weighted by atomic mass is 10.0. The van der Waals surface area contributed by atoms with E-state index in [1.54, 1.807) is 0 Å². The number of nitrogens with one attached hydrogen (secondary N) is 1. The number of para-hydroxylation sites is 3. The molecule has 0 spiro atoms. The first-order valence-electron chi connectivity index (χ1n) is 7.48. The minimum Gasteiger partial charge on any atom is -0.483 e. The summed E-state index contributed by atoms with van der Waals surface area (Å²) in [6, 6.07) is 14.0. The first-order chi connectivity index (χ1) is 10.6. The van der Waals surface area contributed by atoms with Gasteiger partial charge in [0.15, 0.2) is 11.5 Å². The second-order valence-corrected chi connectivity index (χ2v) is 6.27. The van der Waals surface area contributed by atoms with E-state index in [-0.39, 0.29) is 5.60 Å². The first-order valence-corrected chi connectivity index (χ1v) is 7.48. The van der Waals surface area contributed by atoms with Crippen LogP contribution in [0.4, 0.5) is 0 Å². The highest BCUT2D eigenvalue weighted by Crippen LogP contribution is 2.41. The number of fused-ring (bicyclic) bond motifs is 2. The van der Waals surface area contributed by atoms with Crippen molar-refractivity contribution in [2.45, 2.75) is 32.5 Å². The molecule has 4 rings (SSSR count). The van der Waals surface area contributed by atoms with Crippen LogP contribution in [0.25, 0.3) is 11.0 Å². The topological polar surface area (TPSA) is 47.1 Å². The predicted molar refractivity (Wildman–Crippen MR) is 85.3 cm³/mol. The summed E-state index contributed by atoms with van der Waals surface area (Å²) in [5.41, 5.74) is 3.02. The van der Waals surface area contributed by atoms with E-state index in [1.165, 1.54) is 5.56 Å². The van der Waals surface area contributed by atoms with Gasteiger partial charge >= 0.3 is 0 Å². The van der Waals surface area contributed by atoms with Crippen LogP contribution in [0, 0.1) is 0 Å². The fourth-order valence-electron chi connectivity index (χ4n) is 2.92. The molecule has 1 aliphatic rings. The molecular formula is C18H18N2O2. The van der Waals surface area contributed by atoms with E-state index in [1.807, 2.05) is 36.4 Å². The molecule has 0 fully saturated rings. The Balaban J connectivity index is 1.57. The van der Waals surface area contributed by atoms with Crippen molar-refractivity contribution in [1.82, 2.24) is 9.97 Å². The van der Waals surface area contributed by atoms with Crippen molar-refractivity contribution in [2.75, 3.05) is 0 Å². The van der Waals surface area contributed by atoms with Gasteiger partial charge in [-0.15, -0.1) is 0 Å². The molecule has 0 unspecified atom stereocenters. The van der Waals surface area contributed by atoms with E-state index in [4.69, 9.17) is 9.47 Å². The van der Waals surface area contributed by atoms with Crippen molar-refractivity contribution in [3.8, 4) is 11.5 Å². The highest BCUT2D eigenvalue weighted by molar-refractivity contribution is 5.74. The molecule has 0 saturated carbocycles. The van der Waals surface area contributed by atoms with Crippen LogP contribution >= 0.6 is 0 Å². The van der Waals surface area contributed by atoms with Crippen LogP contribution in [0.15, 0.2) is 42.5 Å². The maximum atomic E-state index is 6.02. The van der Waals surface area contributed by atoms with Gasteiger partial charge < -0.3 is 14.5 Å². The van der Waals surface area contributed by atoms with Crippen LogP contribution in [0.5, 0.6) is 11.5 Å². The lowest BCUT2D eigenvalue weighted by molar-refractivity contribution is 0.131. The maximum Gasteiger partial charge on any atom is 0.165 e. The maximum absolute atomic E-state index is 6.02. The summed E-state index contributed by atoms with van der Waals surface area (Å²) in [5.74, 6) is 2.46. The van der Waals surface area contributed by atoms with Gasteiger partial charge in [-0.2, -0.15) is 0 Å². The molecule has 0 saturated heterocycles. The van der Waals surface area contributed by atoms with Gasteiger partial charge in [-0.05, 0) is 32.0 Å². The number of nitrogens with zero attached hydrogens (tertiary/aromatic N) is 1. The molecular weight excluding hydrogens is 276 g/mol. The van der Waals surface area contributed by atoms with Crippen molar-refractivity contribution >= 4 is 11.0 Å². The number of benzene rings is 2. The summed E-state index contributed by atoms with van der Waals surface area (Å²) < 4.78 is 12.0. The van der Waals surface area contributed by atoms with Gasteiger partial charge in [-0.25, -0.2) is 4.98 Å². The summed E-state index contributed by atoms with van der Waals surface area (Å²) in [6.45, 7) is 4.58. The molecule has 0 atom stereocenters. The third-order valence-corrected chi connectivity index (χ3v) is 3.86. The summed E-state index contributed by atoms with van der Waals surface area (Å²) in [5, 5.41) is 0. The SMILES string of the molecule is CC1(C)Cc2cccc(OCc3nc4ccccc4[nH]3)c2O1. The lowest BCUT2D eigenvalue weighted by Gasteiger charge is -2.18. The van der Waals surface area contributed by atoms with Gasteiger partial charge in [0.05, 0.1) is 11.0 Å². The van der Waals surface area contributed by atoms with Gasteiger partial charge in [0, 0.05) is 12.0 Å². The Morgan fingerprint density at radius 3 is 2.91 bits per heavy atom. The molecule has 0 amide bonds. The second kappa shape index (κ2) is 4.77. The largest absolute Gasteiger partial charge is 0.483 e. The molecule has 0 aliphatic carbocycles. The fraction of sp³-hybridized carbons (Fsp3) is 0.278. The van der Waals surface area contributed by atoms with Gasteiger partial charge in [0.2, 0.25) is 0 Å². The normalized spacial score (nSPS) is 15.5. The highest BCUT2D eigenvalue weighted by Gasteiger charge is 2.32. The van der Waals surface area contributed by atoms with Gasteiger partial charge in [0.25, 0.3) is 0 Å². The van der Waals surface area contributed by atoms with Crippen molar-refractivity contribution in [3.63, 3.8) is 0 Å². The summed E-state index contributed by atoms with van der Waals surface area (Å²) in [6.07, 6.45) is 0.907. The number of imidazole rings is 1. The molecule has 22 heavy (non-hydrogen) atoms. The summed E-state index contributed by atoms with van der Waals surface area (Å²) in [7, 11) is 0. The first kappa shape index (κ1) is 13.2. The molecule has 2 aromatic carbocycles. The molecule has 4 nitrogen and oxygen atoms in total. The Labute approximate surface area is 129 Å². The van der Waals surface area contributed by atoms with E-state index >= 15 is 0 Å². The molecule has 112 valence electrons.